The molecule has 0 aliphatic rings. The average Bonchev–Trinajstić information content (AvgIpc) is 2.71. The molecule has 4 heteroatoms. The Hall–Kier alpha value is -2.98. The van der Waals surface area contributed by atoms with Crippen molar-refractivity contribution < 1.29 is 9.15 Å². The van der Waals surface area contributed by atoms with Crippen molar-refractivity contribution in [1.29, 1.82) is 0 Å². The van der Waals surface area contributed by atoms with Crippen molar-refractivity contribution in [2.24, 2.45) is 0 Å². The molecule has 1 aromatic heterocycles. The lowest BCUT2D eigenvalue weighted by molar-refractivity contribution is 0.340. The topological polar surface area (TPSA) is 39.4 Å². The first kappa shape index (κ1) is 19.3. The molecule has 0 spiro atoms. The van der Waals surface area contributed by atoms with E-state index >= 15 is 0 Å². The summed E-state index contributed by atoms with van der Waals surface area (Å²) in [5.74, 6) is 0.701. The Balaban J connectivity index is 1.89. The highest BCUT2D eigenvalue weighted by atomic mass is 32.2. The minimum Gasteiger partial charge on any atom is -0.494 e. The zero-order valence-corrected chi connectivity index (χ0v) is 17.6. The van der Waals surface area contributed by atoms with Crippen molar-refractivity contribution in [3.63, 3.8) is 0 Å². The highest BCUT2D eigenvalue weighted by Gasteiger charge is 2.33. The van der Waals surface area contributed by atoms with E-state index in [1.54, 1.807) is 6.07 Å². The molecule has 4 aromatic rings. The van der Waals surface area contributed by atoms with E-state index in [2.05, 4.69) is 62.4 Å². The fourth-order valence-corrected chi connectivity index (χ4v) is 5.26. The monoisotopic (exact) mass is 403 g/mol. The Labute approximate surface area is 173 Å². The van der Waals surface area contributed by atoms with Crippen LogP contribution >= 0.6 is 0 Å². The molecule has 3 aromatic carbocycles. The standard InChI is InChI=1S/C25H23O3S/c1-4-27-20-10-9-19-15-24(25(26)28-23(19)16-20)29(21-11-5-17(2)6-12-21)22-13-7-18(3)8-14-22/h5-16H,4H2,1-3H3/q+1. The summed E-state index contributed by atoms with van der Waals surface area (Å²) < 4.78 is 11.3. The molecular formula is C25H23O3S+. The molecule has 0 atom stereocenters. The van der Waals surface area contributed by atoms with Gasteiger partial charge < -0.3 is 9.15 Å². The molecule has 0 saturated carbocycles. The second-order valence-corrected chi connectivity index (χ2v) is 8.96. The van der Waals surface area contributed by atoms with Gasteiger partial charge >= 0.3 is 5.63 Å². The average molecular weight is 404 g/mol. The highest BCUT2D eigenvalue weighted by Crippen LogP contribution is 2.32. The van der Waals surface area contributed by atoms with E-state index in [0.717, 1.165) is 15.2 Å². The zero-order valence-electron chi connectivity index (χ0n) is 16.8. The third-order valence-electron chi connectivity index (χ3n) is 4.72. The number of benzene rings is 3. The molecule has 0 aliphatic carbocycles. The van der Waals surface area contributed by atoms with Crippen LogP contribution in [0.1, 0.15) is 18.1 Å². The number of hydrogen-bond acceptors (Lipinski definition) is 3. The Kier molecular flexibility index (Phi) is 5.45. The molecule has 0 radical (unpaired) electrons. The van der Waals surface area contributed by atoms with Crippen LogP contribution in [0.3, 0.4) is 0 Å². The minimum absolute atomic E-state index is 0.310. The van der Waals surface area contributed by atoms with E-state index < -0.39 is 10.9 Å². The maximum Gasteiger partial charge on any atom is 0.393 e. The summed E-state index contributed by atoms with van der Waals surface area (Å²) in [7, 11) is -0.545. The van der Waals surface area contributed by atoms with Gasteiger partial charge in [0.15, 0.2) is 9.79 Å². The molecule has 0 bridgehead atoms. The molecular weight excluding hydrogens is 380 g/mol. The summed E-state index contributed by atoms with van der Waals surface area (Å²) in [5, 5.41) is 0.889. The van der Waals surface area contributed by atoms with Crippen molar-refractivity contribution in [3.8, 4) is 5.75 Å². The van der Waals surface area contributed by atoms with E-state index in [1.807, 2.05) is 25.1 Å². The van der Waals surface area contributed by atoms with Gasteiger partial charge in [-0.15, -0.1) is 0 Å². The van der Waals surface area contributed by atoms with Gasteiger partial charge in [-0.1, -0.05) is 35.4 Å². The van der Waals surface area contributed by atoms with E-state index in [4.69, 9.17) is 9.15 Å². The van der Waals surface area contributed by atoms with Gasteiger partial charge in [0.25, 0.3) is 4.90 Å². The van der Waals surface area contributed by atoms with Gasteiger partial charge in [-0.25, -0.2) is 4.79 Å². The quantitative estimate of drug-likeness (QED) is 0.307. The summed E-state index contributed by atoms with van der Waals surface area (Å²) in [4.78, 5) is 15.9. The molecule has 0 unspecified atom stereocenters. The van der Waals surface area contributed by atoms with Gasteiger partial charge in [-0.05, 0) is 57.2 Å². The third kappa shape index (κ3) is 4.08. The summed E-state index contributed by atoms with van der Waals surface area (Å²) in [5.41, 5.74) is 2.61. The van der Waals surface area contributed by atoms with Crippen LogP contribution in [0, 0.1) is 13.8 Å². The molecule has 0 aliphatic heterocycles. The summed E-state index contributed by atoms with van der Waals surface area (Å²) >= 11 is 0. The molecule has 0 N–H and O–H groups in total. The minimum atomic E-state index is -0.545. The van der Waals surface area contributed by atoms with Crippen molar-refractivity contribution in [3.05, 3.63) is 94.3 Å². The van der Waals surface area contributed by atoms with Gasteiger partial charge in [-0.2, -0.15) is 0 Å². The molecule has 4 rings (SSSR count). The molecule has 0 fully saturated rings. The molecule has 3 nitrogen and oxygen atoms in total. The van der Waals surface area contributed by atoms with Crippen LogP contribution in [0.5, 0.6) is 5.75 Å². The van der Waals surface area contributed by atoms with Crippen LogP contribution in [0.25, 0.3) is 11.0 Å². The van der Waals surface area contributed by atoms with Gasteiger partial charge in [0.2, 0.25) is 0 Å². The summed E-state index contributed by atoms with van der Waals surface area (Å²) in [6.45, 7) is 6.62. The predicted octanol–water partition coefficient (Wildman–Crippen LogP) is 5.90. The Morgan fingerprint density at radius 2 is 1.41 bits per heavy atom. The van der Waals surface area contributed by atoms with Gasteiger partial charge in [0.1, 0.15) is 22.2 Å². The smallest absolute Gasteiger partial charge is 0.393 e. The SMILES string of the molecule is CCOc1ccc2cc([S+](c3ccc(C)cc3)c3ccc(C)cc3)c(=O)oc2c1. The molecule has 0 amide bonds. The zero-order chi connectivity index (χ0) is 20.4. The molecule has 0 saturated heterocycles. The van der Waals surface area contributed by atoms with Crippen LogP contribution in [-0.2, 0) is 10.9 Å². The lowest BCUT2D eigenvalue weighted by atomic mass is 10.2. The van der Waals surface area contributed by atoms with Crippen molar-refractivity contribution in [2.45, 2.75) is 35.5 Å². The molecule has 146 valence electrons. The fraction of sp³-hybridized carbons (Fsp3) is 0.160. The van der Waals surface area contributed by atoms with Crippen molar-refractivity contribution >= 4 is 21.9 Å². The van der Waals surface area contributed by atoms with Crippen molar-refractivity contribution in [2.75, 3.05) is 6.61 Å². The summed E-state index contributed by atoms with van der Waals surface area (Å²) in [6, 6.07) is 24.3. The number of aryl methyl sites for hydroxylation is 2. The van der Waals surface area contributed by atoms with E-state index in [9.17, 15) is 4.79 Å². The van der Waals surface area contributed by atoms with Gasteiger partial charge in [0, 0.05) is 17.5 Å². The maximum absolute atomic E-state index is 13.0. The van der Waals surface area contributed by atoms with E-state index in [1.165, 1.54) is 11.1 Å². The van der Waals surface area contributed by atoms with E-state index in [-0.39, 0.29) is 5.63 Å². The lowest BCUT2D eigenvalue weighted by Gasteiger charge is -2.09. The van der Waals surface area contributed by atoms with Gasteiger partial charge in [-0.3, -0.25) is 0 Å². The third-order valence-corrected chi connectivity index (χ3v) is 6.93. The Morgan fingerprint density at radius 3 is 1.97 bits per heavy atom. The largest absolute Gasteiger partial charge is 0.494 e. The lowest BCUT2D eigenvalue weighted by Crippen LogP contribution is -2.15. The van der Waals surface area contributed by atoms with Gasteiger partial charge in [0.05, 0.1) is 6.61 Å². The summed E-state index contributed by atoms with van der Waals surface area (Å²) in [6.07, 6.45) is 0. The Morgan fingerprint density at radius 1 is 0.828 bits per heavy atom. The fourth-order valence-electron chi connectivity index (χ4n) is 3.21. The molecule has 1 heterocycles. The predicted molar refractivity (Wildman–Crippen MR) is 118 cm³/mol. The highest BCUT2D eigenvalue weighted by molar-refractivity contribution is 7.97. The number of ether oxygens (including phenoxy) is 1. The first-order valence-electron chi connectivity index (χ1n) is 9.63. The number of fused-ring (bicyclic) bond motifs is 1. The van der Waals surface area contributed by atoms with Crippen LogP contribution in [0.2, 0.25) is 0 Å². The molecule has 29 heavy (non-hydrogen) atoms. The second-order valence-electron chi connectivity index (χ2n) is 6.96. The van der Waals surface area contributed by atoms with Crippen LogP contribution in [0.15, 0.2) is 96.7 Å². The maximum atomic E-state index is 13.0. The Bertz CT molecular complexity index is 1150. The normalized spacial score (nSPS) is 11.2. The first-order valence-corrected chi connectivity index (χ1v) is 10.9. The van der Waals surface area contributed by atoms with Crippen molar-refractivity contribution in [1.82, 2.24) is 0 Å². The number of rotatable bonds is 5. The van der Waals surface area contributed by atoms with Crippen LogP contribution in [0.4, 0.5) is 0 Å². The van der Waals surface area contributed by atoms with E-state index in [0.29, 0.717) is 22.8 Å². The van der Waals surface area contributed by atoms with Crippen LogP contribution < -0.4 is 10.4 Å². The number of hydrogen-bond donors (Lipinski definition) is 0. The van der Waals surface area contributed by atoms with Crippen LogP contribution in [-0.4, -0.2) is 6.61 Å². The first-order chi connectivity index (χ1) is 14.0. The second kappa shape index (κ2) is 8.18.